The molecule has 1 amide bonds. The lowest BCUT2D eigenvalue weighted by Crippen LogP contribution is -2.32. The highest BCUT2D eigenvalue weighted by atomic mass is 35.5. The SMILES string of the molecule is COc1cc(C=C2CC=C3CC[C@@H](c4ccc(Cl)cc4)N3C2=O)ccc1-n1cnc(C)c1. The van der Waals surface area contributed by atoms with Gasteiger partial charge in [0.1, 0.15) is 5.75 Å². The van der Waals surface area contributed by atoms with Crippen LogP contribution in [0.1, 0.15) is 42.1 Å². The first-order valence-electron chi connectivity index (χ1n) is 10.7. The number of ether oxygens (including phenoxy) is 1. The Morgan fingerprint density at radius 3 is 2.72 bits per heavy atom. The lowest BCUT2D eigenvalue weighted by atomic mass is 10.0. The number of halogens is 1. The summed E-state index contributed by atoms with van der Waals surface area (Å²) in [6.45, 7) is 1.95. The van der Waals surface area contributed by atoms with Crippen molar-refractivity contribution >= 4 is 23.6 Å². The topological polar surface area (TPSA) is 47.4 Å². The number of methoxy groups -OCH3 is 1. The quantitative estimate of drug-likeness (QED) is 0.471. The summed E-state index contributed by atoms with van der Waals surface area (Å²) in [7, 11) is 1.65. The molecule has 2 aliphatic heterocycles. The zero-order valence-electron chi connectivity index (χ0n) is 18.1. The Kier molecular flexibility index (Phi) is 5.35. The van der Waals surface area contributed by atoms with E-state index < -0.39 is 0 Å². The van der Waals surface area contributed by atoms with Gasteiger partial charge in [0.25, 0.3) is 5.91 Å². The molecule has 0 N–H and O–H groups in total. The van der Waals surface area contributed by atoms with Gasteiger partial charge in [-0.05, 0) is 67.7 Å². The summed E-state index contributed by atoms with van der Waals surface area (Å²) in [6, 6.07) is 13.8. The summed E-state index contributed by atoms with van der Waals surface area (Å²) < 4.78 is 7.56. The number of nitrogens with zero attached hydrogens (tertiary/aromatic N) is 3. The van der Waals surface area contributed by atoms with Crippen LogP contribution in [0.3, 0.4) is 0 Å². The minimum absolute atomic E-state index is 0.0520. The van der Waals surface area contributed by atoms with Crippen LogP contribution in [-0.4, -0.2) is 27.5 Å². The van der Waals surface area contributed by atoms with Crippen molar-refractivity contribution in [2.45, 2.75) is 32.2 Å². The van der Waals surface area contributed by atoms with E-state index in [9.17, 15) is 4.79 Å². The molecule has 32 heavy (non-hydrogen) atoms. The molecule has 3 heterocycles. The normalized spacial score (nSPS) is 19.3. The molecule has 0 bridgehead atoms. The van der Waals surface area contributed by atoms with Crippen LogP contribution in [0.15, 0.2) is 72.3 Å². The summed E-state index contributed by atoms with van der Waals surface area (Å²) in [5, 5.41) is 0.705. The number of imidazole rings is 1. The van der Waals surface area contributed by atoms with Gasteiger partial charge in [-0.1, -0.05) is 35.9 Å². The van der Waals surface area contributed by atoms with Gasteiger partial charge >= 0.3 is 0 Å². The van der Waals surface area contributed by atoms with Crippen LogP contribution >= 0.6 is 11.6 Å². The van der Waals surface area contributed by atoms with E-state index in [4.69, 9.17) is 16.3 Å². The Bertz CT molecular complexity index is 1240. The van der Waals surface area contributed by atoms with E-state index in [0.29, 0.717) is 11.4 Å². The van der Waals surface area contributed by atoms with E-state index >= 15 is 0 Å². The molecule has 0 aliphatic carbocycles. The molecule has 1 atom stereocenters. The van der Waals surface area contributed by atoms with E-state index in [-0.39, 0.29) is 11.9 Å². The molecule has 0 radical (unpaired) electrons. The van der Waals surface area contributed by atoms with Crippen LogP contribution in [0.25, 0.3) is 11.8 Å². The number of rotatable bonds is 4. The zero-order chi connectivity index (χ0) is 22.2. The van der Waals surface area contributed by atoms with Gasteiger partial charge in [-0.2, -0.15) is 0 Å². The molecule has 3 aromatic rings. The standard InChI is InChI=1S/C26H24ClN3O2/c1-17-15-29(16-28-17)24-11-3-18(14-25(24)32-2)13-20-6-9-22-10-12-23(30(22)26(20)31)19-4-7-21(27)8-5-19/h3-5,7-9,11,13-16,23H,6,10,12H2,1-2H3/t23-/m0/s1. The minimum atomic E-state index is 0.0520. The maximum absolute atomic E-state index is 13.5. The van der Waals surface area contributed by atoms with Gasteiger partial charge in [-0.25, -0.2) is 4.98 Å². The number of benzene rings is 2. The Morgan fingerprint density at radius 2 is 2.00 bits per heavy atom. The van der Waals surface area contributed by atoms with Gasteiger partial charge in [-0.3, -0.25) is 4.79 Å². The summed E-state index contributed by atoms with van der Waals surface area (Å²) in [5.41, 5.74) is 5.81. The van der Waals surface area contributed by atoms with Gasteiger partial charge in [0.15, 0.2) is 0 Å². The molecule has 0 unspecified atom stereocenters. The summed E-state index contributed by atoms with van der Waals surface area (Å²) >= 11 is 6.06. The molecule has 5 nitrogen and oxygen atoms in total. The predicted molar refractivity (Wildman–Crippen MR) is 126 cm³/mol. The van der Waals surface area contributed by atoms with Crippen LogP contribution in [-0.2, 0) is 4.79 Å². The lowest BCUT2D eigenvalue weighted by molar-refractivity contribution is -0.126. The highest BCUT2D eigenvalue weighted by Gasteiger charge is 2.37. The Labute approximate surface area is 192 Å². The monoisotopic (exact) mass is 445 g/mol. The first-order valence-corrected chi connectivity index (χ1v) is 11.1. The average Bonchev–Trinajstić information content (AvgIpc) is 3.43. The zero-order valence-corrected chi connectivity index (χ0v) is 18.8. The van der Waals surface area contributed by atoms with Crippen molar-refractivity contribution < 1.29 is 9.53 Å². The molecule has 2 aromatic carbocycles. The summed E-state index contributed by atoms with van der Waals surface area (Å²) in [6.07, 6.45) is 10.4. The van der Waals surface area contributed by atoms with Crippen LogP contribution < -0.4 is 4.74 Å². The van der Waals surface area contributed by atoms with Crippen molar-refractivity contribution in [1.82, 2.24) is 14.5 Å². The van der Waals surface area contributed by atoms with Crippen LogP contribution in [0.5, 0.6) is 5.75 Å². The van der Waals surface area contributed by atoms with Crippen molar-refractivity contribution in [2.75, 3.05) is 7.11 Å². The molecule has 162 valence electrons. The van der Waals surface area contributed by atoms with E-state index in [1.807, 2.05) is 71.1 Å². The maximum Gasteiger partial charge on any atom is 0.254 e. The highest BCUT2D eigenvalue weighted by Crippen LogP contribution is 2.42. The Hall–Kier alpha value is -3.31. The number of carbonyl (C=O) groups is 1. The molecule has 1 saturated heterocycles. The number of allylic oxidation sites excluding steroid dienone is 2. The second-order valence-corrected chi connectivity index (χ2v) is 8.64. The molecular formula is C26H24ClN3O2. The van der Waals surface area contributed by atoms with E-state index in [2.05, 4.69) is 11.1 Å². The van der Waals surface area contributed by atoms with Crippen molar-refractivity contribution in [3.05, 3.63) is 94.2 Å². The van der Waals surface area contributed by atoms with Gasteiger partial charge < -0.3 is 14.2 Å². The number of carbonyl (C=O) groups excluding carboxylic acids is 1. The third kappa shape index (κ3) is 3.73. The number of amides is 1. The first-order chi connectivity index (χ1) is 15.5. The molecule has 0 spiro atoms. The fraction of sp³-hybridized carbons (Fsp3) is 0.231. The van der Waals surface area contributed by atoms with Gasteiger partial charge in [0.05, 0.1) is 30.9 Å². The molecule has 6 heteroatoms. The van der Waals surface area contributed by atoms with E-state index in [1.165, 1.54) is 0 Å². The Morgan fingerprint density at radius 1 is 1.19 bits per heavy atom. The van der Waals surface area contributed by atoms with Crippen molar-refractivity contribution in [3.8, 4) is 11.4 Å². The third-order valence-corrected chi connectivity index (χ3v) is 6.39. The van der Waals surface area contributed by atoms with Gasteiger partial charge in [0.2, 0.25) is 0 Å². The van der Waals surface area contributed by atoms with Crippen LogP contribution in [0.4, 0.5) is 0 Å². The second-order valence-electron chi connectivity index (χ2n) is 8.20. The Balaban J connectivity index is 1.45. The molecule has 0 saturated carbocycles. The number of hydrogen-bond acceptors (Lipinski definition) is 3. The predicted octanol–water partition coefficient (Wildman–Crippen LogP) is 5.88. The fourth-order valence-electron chi connectivity index (χ4n) is 4.55. The van der Waals surface area contributed by atoms with Gasteiger partial charge in [0, 0.05) is 22.5 Å². The average molecular weight is 446 g/mol. The second kappa shape index (κ2) is 8.32. The molecule has 1 aromatic heterocycles. The highest BCUT2D eigenvalue weighted by molar-refractivity contribution is 6.30. The van der Waals surface area contributed by atoms with E-state index in [1.54, 1.807) is 13.4 Å². The fourth-order valence-corrected chi connectivity index (χ4v) is 4.68. The first kappa shape index (κ1) is 20.6. The van der Waals surface area contributed by atoms with E-state index in [0.717, 1.165) is 52.4 Å². The number of aromatic nitrogens is 2. The summed E-state index contributed by atoms with van der Waals surface area (Å²) in [4.78, 5) is 19.7. The molecule has 1 fully saturated rings. The molecule has 2 aliphatic rings. The number of hydrogen-bond donors (Lipinski definition) is 0. The molecule has 5 rings (SSSR count). The van der Waals surface area contributed by atoms with Crippen molar-refractivity contribution in [1.29, 1.82) is 0 Å². The largest absolute Gasteiger partial charge is 0.495 e. The molecular weight excluding hydrogens is 422 g/mol. The van der Waals surface area contributed by atoms with Crippen LogP contribution in [0.2, 0.25) is 5.02 Å². The van der Waals surface area contributed by atoms with Gasteiger partial charge in [-0.15, -0.1) is 0 Å². The number of fused-ring (bicyclic) bond motifs is 1. The third-order valence-electron chi connectivity index (χ3n) is 6.14. The summed E-state index contributed by atoms with van der Waals surface area (Å²) in [5.74, 6) is 0.810. The van der Waals surface area contributed by atoms with Crippen LogP contribution in [0, 0.1) is 6.92 Å². The smallest absolute Gasteiger partial charge is 0.254 e. The maximum atomic E-state index is 13.5. The van der Waals surface area contributed by atoms with Crippen molar-refractivity contribution in [3.63, 3.8) is 0 Å². The minimum Gasteiger partial charge on any atom is -0.495 e. The number of aryl methyl sites for hydroxylation is 1. The lowest BCUT2D eigenvalue weighted by Gasteiger charge is -2.30. The van der Waals surface area contributed by atoms with Crippen molar-refractivity contribution in [2.24, 2.45) is 0 Å².